The number of carbonyl (C=O) groups is 1. The SMILES string of the molecule is COc1cccc(OC)c1C1OCC(=O)N1Cc1ccc(C(F)(F)F)cc1. The molecule has 144 valence electrons. The summed E-state index contributed by atoms with van der Waals surface area (Å²) >= 11 is 0. The number of ether oxygens (including phenoxy) is 3. The summed E-state index contributed by atoms with van der Waals surface area (Å²) in [6.45, 7) is -0.0324. The van der Waals surface area contributed by atoms with Gasteiger partial charge in [0.05, 0.1) is 25.3 Å². The van der Waals surface area contributed by atoms with Crippen molar-refractivity contribution in [2.24, 2.45) is 0 Å². The number of rotatable bonds is 5. The van der Waals surface area contributed by atoms with E-state index in [1.807, 2.05) is 0 Å². The monoisotopic (exact) mass is 381 g/mol. The zero-order valence-corrected chi connectivity index (χ0v) is 14.7. The van der Waals surface area contributed by atoms with Crippen molar-refractivity contribution in [3.63, 3.8) is 0 Å². The molecule has 1 saturated heterocycles. The maximum atomic E-state index is 12.7. The van der Waals surface area contributed by atoms with Gasteiger partial charge in [0.2, 0.25) is 0 Å². The molecule has 1 amide bonds. The number of hydrogen-bond acceptors (Lipinski definition) is 4. The average Bonchev–Trinajstić information content (AvgIpc) is 3.01. The van der Waals surface area contributed by atoms with Crippen LogP contribution in [0, 0.1) is 0 Å². The van der Waals surface area contributed by atoms with Crippen molar-refractivity contribution in [3.05, 3.63) is 59.2 Å². The summed E-state index contributed by atoms with van der Waals surface area (Å²) in [6, 6.07) is 9.89. The lowest BCUT2D eigenvalue weighted by atomic mass is 10.1. The number of alkyl halides is 3. The number of carbonyl (C=O) groups excluding carboxylic acids is 1. The first-order valence-electron chi connectivity index (χ1n) is 8.13. The maximum absolute atomic E-state index is 12.7. The summed E-state index contributed by atoms with van der Waals surface area (Å²) in [5.74, 6) is 0.714. The van der Waals surface area contributed by atoms with E-state index in [0.717, 1.165) is 12.1 Å². The third-order valence-corrected chi connectivity index (χ3v) is 4.32. The Bertz CT molecular complexity index is 798. The van der Waals surface area contributed by atoms with Crippen LogP contribution in [-0.2, 0) is 22.3 Å². The smallest absolute Gasteiger partial charge is 0.416 e. The molecule has 0 N–H and O–H groups in total. The first kappa shape index (κ1) is 19.0. The Morgan fingerprint density at radius 1 is 1.07 bits per heavy atom. The van der Waals surface area contributed by atoms with E-state index in [0.29, 0.717) is 22.6 Å². The molecule has 8 heteroatoms. The van der Waals surface area contributed by atoms with Crippen LogP contribution in [0.2, 0.25) is 0 Å². The number of amides is 1. The molecule has 1 aliphatic heterocycles. The second-order valence-electron chi connectivity index (χ2n) is 5.96. The van der Waals surface area contributed by atoms with Gasteiger partial charge in [0, 0.05) is 6.54 Å². The Morgan fingerprint density at radius 2 is 1.67 bits per heavy atom. The Labute approximate surface area is 154 Å². The summed E-state index contributed by atoms with van der Waals surface area (Å²) in [4.78, 5) is 13.8. The van der Waals surface area contributed by atoms with Crippen LogP contribution >= 0.6 is 0 Å². The fraction of sp³-hybridized carbons (Fsp3) is 0.316. The lowest BCUT2D eigenvalue weighted by Gasteiger charge is -2.26. The van der Waals surface area contributed by atoms with Crippen LogP contribution in [0.1, 0.15) is 22.9 Å². The molecule has 1 aliphatic rings. The third-order valence-electron chi connectivity index (χ3n) is 4.32. The number of nitrogens with zero attached hydrogens (tertiary/aromatic N) is 1. The van der Waals surface area contributed by atoms with Crippen molar-refractivity contribution in [1.29, 1.82) is 0 Å². The van der Waals surface area contributed by atoms with Crippen molar-refractivity contribution in [2.75, 3.05) is 20.8 Å². The van der Waals surface area contributed by atoms with Crippen LogP contribution < -0.4 is 9.47 Å². The second-order valence-corrected chi connectivity index (χ2v) is 5.96. The number of benzene rings is 2. The molecule has 1 fully saturated rings. The molecule has 3 rings (SSSR count). The predicted molar refractivity (Wildman–Crippen MR) is 90.2 cm³/mol. The van der Waals surface area contributed by atoms with Gasteiger partial charge < -0.3 is 19.1 Å². The van der Waals surface area contributed by atoms with E-state index in [-0.39, 0.29) is 19.1 Å². The van der Waals surface area contributed by atoms with Crippen molar-refractivity contribution < 1.29 is 32.2 Å². The van der Waals surface area contributed by atoms with E-state index in [4.69, 9.17) is 14.2 Å². The van der Waals surface area contributed by atoms with Gasteiger partial charge >= 0.3 is 6.18 Å². The van der Waals surface area contributed by atoms with Crippen LogP contribution in [0.15, 0.2) is 42.5 Å². The molecule has 1 atom stereocenters. The third kappa shape index (κ3) is 3.85. The van der Waals surface area contributed by atoms with Crippen molar-refractivity contribution in [1.82, 2.24) is 4.90 Å². The fourth-order valence-electron chi connectivity index (χ4n) is 2.98. The minimum absolute atomic E-state index is 0.100. The van der Waals surface area contributed by atoms with E-state index in [9.17, 15) is 18.0 Å². The molecule has 0 spiro atoms. The summed E-state index contributed by atoms with van der Waals surface area (Å²) in [7, 11) is 2.99. The standard InChI is InChI=1S/C19H18F3NO4/c1-25-14-4-3-5-15(26-2)17(14)18-23(16(24)11-27-18)10-12-6-8-13(9-7-12)19(20,21)22/h3-9,18H,10-11H2,1-2H3. The Hall–Kier alpha value is -2.74. The molecule has 2 aromatic rings. The summed E-state index contributed by atoms with van der Waals surface area (Å²) in [5.41, 5.74) is 0.374. The van der Waals surface area contributed by atoms with Crippen molar-refractivity contribution >= 4 is 5.91 Å². The summed E-state index contributed by atoms with van der Waals surface area (Å²) in [5, 5.41) is 0. The topological polar surface area (TPSA) is 48.0 Å². The Morgan fingerprint density at radius 3 is 2.19 bits per heavy atom. The molecule has 1 unspecified atom stereocenters. The van der Waals surface area contributed by atoms with Gasteiger partial charge in [-0.15, -0.1) is 0 Å². The molecule has 27 heavy (non-hydrogen) atoms. The van der Waals surface area contributed by atoms with Crippen LogP contribution in [-0.4, -0.2) is 31.6 Å². The van der Waals surface area contributed by atoms with Gasteiger partial charge in [0.1, 0.15) is 18.1 Å². The van der Waals surface area contributed by atoms with Crippen LogP contribution in [0.5, 0.6) is 11.5 Å². The molecule has 0 bridgehead atoms. The zero-order valence-electron chi connectivity index (χ0n) is 14.7. The first-order valence-corrected chi connectivity index (χ1v) is 8.13. The van der Waals surface area contributed by atoms with Gasteiger partial charge in [-0.2, -0.15) is 13.2 Å². The largest absolute Gasteiger partial charge is 0.496 e. The average molecular weight is 381 g/mol. The molecule has 5 nitrogen and oxygen atoms in total. The minimum Gasteiger partial charge on any atom is -0.496 e. The van der Waals surface area contributed by atoms with Crippen LogP contribution in [0.25, 0.3) is 0 Å². The van der Waals surface area contributed by atoms with Crippen molar-refractivity contribution in [3.8, 4) is 11.5 Å². The van der Waals surface area contributed by atoms with E-state index >= 15 is 0 Å². The van der Waals surface area contributed by atoms with E-state index in [1.54, 1.807) is 18.2 Å². The van der Waals surface area contributed by atoms with Gasteiger partial charge in [-0.1, -0.05) is 18.2 Å². The number of methoxy groups -OCH3 is 2. The summed E-state index contributed by atoms with van der Waals surface area (Å²) in [6.07, 6.45) is -5.16. The number of hydrogen-bond donors (Lipinski definition) is 0. The van der Waals surface area contributed by atoms with Gasteiger partial charge in [-0.3, -0.25) is 4.79 Å². The molecule has 2 aromatic carbocycles. The zero-order chi connectivity index (χ0) is 19.6. The maximum Gasteiger partial charge on any atom is 0.416 e. The predicted octanol–water partition coefficient (Wildman–Crippen LogP) is 3.78. The lowest BCUT2D eigenvalue weighted by molar-refractivity contribution is -0.137. The van der Waals surface area contributed by atoms with Gasteiger partial charge in [-0.25, -0.2) is 0 Å². The highest BCUT2D eigenvalue weighted by Crippen LogP contribution is 2.40. The molecule has 0 aliphatic carbocycles. The molecular weight excluding hydrogens is 363 g/mol. The molecular formula is C19H18F3NO4. The highest BCUT2D eigenvalue weighted by atomic mass is 19.4. The highest BCUT2D eigenvalue weighted by Gasteiger charge is 2.37. The Kier molecular flexibility index (Phi) is 5.27. The normalized spacial score (nSPS) is 17.3. The molecule has 1 heterocycles. The van der Waals surface area contributed by atoms with Crippen LogP contribution in [0.3, 0.4) is 0 Å². The highest BCUT2D eigenvalue weighted by molar-refractivity contribution is 5.80. The minimum atomic E-state index is -4.40. The molecule has 0 radical (unpaired) electrons. The molecule has 0 aromatic heterocycles. The van der Waals surface area contributed by atoms with Gasteiger partial charge in [0.25, 0.3) is 5.91 Å². The Balaban J connectivity index is 1.90. The van der Waals surface area contributed by atoms with Gasteiger partial charge in [0.15, 0.2) is 6.23 Å². The fourth-order valence-corrected chi connectivity index (χ4v) is 2.98. The summed E-state index contributed by atoms with van der Waals surface area (Å²) < 4.78 is 54.5. The lowest BCUT2D eigenvalue weighted by Crippen LogP contribution is -2.28. The van der Waals surface area contributed by atoms with Gasteiger partial charge in [-0.05, 0) is 29.8 Å². The van der Waals surface area contributed by atoms with E-state index in [2.05, 4.69) is 0 Å². The quantitative estimate of drug-likeness (QED) is 0.791. The number of halogens is 3. The molecule has 0 saturated carbocycles. The van der Waals surface area contributed by atoms with Crippen molar-refractivity contribution in [2.45, 2.75) is 18.9 Å². The van der Waals surface area contributed by atoms with E-state index < -0.39 is 18.0 Å². The van der Waals surface area contributed by atoms with E-state index in [1.165, 1.54) is 31.3 Å². The van der Waals surface area contributed by atoms with Crippen LogP contribution in [0.4, 0.5) is 13.2 Å². The first-order chi connectivity index (χ1) is 12.8. The second kappa shape index (κ2) is 7.48.